The molecule has 0 unspecified atom stereocenters. The first kappa shape index (κ1) is 28.4. The Balaban J connectivity index is 1.32. The molecule has 43 heavy (non-hydrogen) atoms. The second kappa shape index (κ2) is 12.2. The predicted molar refractivity (Wildman–Crippen MR) is 161 cm³/mol. The molecule has 6 rings (SSSR count). The molecule has 1 fully saturated rings. The van der Waals surface area contributed by atoms with Crippen molar-refractivity contribution in [1.29, 1.82) is 0 Å². The van der Waals surface area contributed by atoms with E-state index in [1.54, 1.807) is 6.20 Å². The number of nitrogens with zero attached hydrogens (tertiary/aromatic N) is 3. The Labute approximate surface area is 248 Å². The van der Waals surface area contributed by atoms with Crippen molar-refractivity contribution in [2.75, 3.05) is 26.1 Å². The molecule has 0 radical (unpaired) electrons. The second-order valence-electron chi connectivity index (χ2n) is 10.8. The van der Waals surface area contributed by atoms with Crippen molar-refractivity contribution in [3.63, 3.8) is 0 Å². The van der Waals surface area contributed by atoms with Crippen LogP contribution in [0.5, 0.6) is 5.75 Å². The summed E-state index contributed by atoms with van der Waals surface area (Å²) in [5.41, 5.74) is 10.8. The van der Waals surface area contributed by atoms with Gasteiger partial charge in [-0.15, -0.1) is 0 Å². The van der Waals surface area contributed by atoms with Gasteiger partial charge in [-0.2, -0.15) is 5.10 Å². The Kier molecular flexibility index (Phi) is 8.06. The molecule has 1 aliphatic carbocycles. The topological polar surface area (TPSA) is 133 Å². The van der Waals surface area contributed by atoms with Crippen molar-refractivity contribution in [2.45, 2.75) is 44.3 Å². The van der Waals surface area contributed by atoms with E-state index in [0.29, 0.717) is 23.9 Å². The number of amides is 2. The maximum atomic E-state index is 13.7. The molecule has 0 spiro atoms. The van der Waals surface area contributed by atoms with Crippen LogP contribution < -0.4 is 21.1 Å². The van der Waals surface area contributed by atoms with E-state index >= 15 is 0 Å². The van der Waals surface area contributed by atoms with E-state index in [0.717, 1.165) is 59.3 Å². The molecule has 2 aromatic heterocycles. The molecule has 4 aromatic rings. The zero-order valence-electron chi connectivity index (χ0n) is 23.8. The molecular weight excluding hydrogens is 551 g/mol. The lowest BCUT2D eigenvalue weighted by molar-refractivity contribution is -0.126. The predicted octanol–water partition coefficient (Wildman–Crippen LogP) is 4.40. The van der Waals surface area contributed by atoms with Crippen LogP contribution in [0.2, 0.25) is 0 Å². The minimum atomic E-state index is -0.514. The molecule has 0 saturated heterocycles. The summed E-state index contributed by atoms with van der Waals surface area (Å²) in [6.07, 6.45) is 9.10. The van der Waals surface area contributed by atoms with Crippen LogP contribution in [0.15, 0.2) is 54.7 Å². The number of carbonyl (C=O) groups is 2. The van der Waals surface area contributed by atoms with E-state index in [1.807, 2.05) is 36.4 Å². The van der Waals surface area contributed by atoms with Crippen LogP contribution in [0.25, 0.3) is 28.2 Å². The fraction of sp³-hybridized carbons (Fsp3) is 0.312. The largest absolute Gasteiger partial charge is 0.496 e. The Hall–Kier alpha value is -4.77. The third-order valence-corrected chi connectivity index (χ3v) is 7.97. The third-order valence-electron chi connectivity index (χ3n) is 7.97. The summed E-state index contributed by atoms with van der Waals surface area (Å²) in [5.74, 6) is -0.376. The van der Waals surface area contributed by atoms with Crippen LogP contribution in [0.4, 0.5) is 10.2 Å². The second-order valence-corrected chi connectivity index (χ2v) is 10.8. The number of halogens is 1. The van der Waals surface area contributed by atoms with Crippen LogP contribution in [-0.4, -0.2) is 52.9 Å². The van der Waals surface area contributed by atoms with Crippen LogP contribution in [-0.2, 0) is 16.1 Å². The van der Waals surface area contributed by atoms with Crippen molar-refractivity contribution in [3.8, 4) is 17.0 Å². The van der Waals surface area contributed by atoms with Gasteiger partial charge < -0.3 is 25.8 Å². The van der Waals surface area contributed by atoms with Gasteiger partial charge in [0.25, 0.3) is 5.91 Å². The van der Waals surface area contributed by atoms with E-state index in [2.05, 4.69) is 20.3 Å². The van der Waals surface area contributed by atoms with Crippen molar-refractivity contribution in [3.05, 3.63) is 77.2 Å². The van der Waals surface area contributed by atoms with Crippen LogP contribution >= 0.6 is 0 Å². The van der Waals surface area contributed by atoms with Crippen molar-refractivity contribution in [1.82, 2.24) is 25.4 Å². The smallest absolute Gasteiger partial charge is 0.255 e. The number of aromatic nitrogens is 3. The molecule has 11 heteroatoms. The molecule has 3 heterocycles. The van der Waals surface area contributed by atoms with E-state index in [4.69, 9.17) is 20.3 Å². The number of anilines is 1. The number of benzene rings is 2. The molecule has 4 N–H and O–H groups in total. The molecule has 222 valence electrons. The summed E-state index contributed by atoms with van der Waals surface area (Å²) in [7, 11) is 1.44. The minimum Gasteiger partial charge on any atom is -0.496 e. The zero-order chi connectivity index (χ0) is 29.9. The molecule has 2 aromatic carbocycles. The van der Waals surface area contributed by atoms with Crippen LogP contribution in [0, 0.1) is 5.82 Å². The molecule has 2 atom stereocenters. The minimum absolute atomic E-state index is 0.0221. The number of fused-ring (bicyclic) bond motifs is 3. The maximum absolute atomic E-state index is 13.7. The molecule has 1 aliphatic heterocycles. The molecule has 1 saturated carbocycles. The number of nitrogens with one attached hydrogen (secondary N) is 2. The van der Waals surface area contributed by atoms with Crippen molar-refractivity contribution in [2.24, 2.45) is 0 Å². The molecule has 2 aliphatic rings. The molecular formula is C32H33FN6O4. The lowest BCUT2D eigenvalue weighted by Crippen LogP contribution is -2.40. The van der Waals surface area contributed by atoms with E-state index in [1.165, 1.54) is 19.2 Å². The Morgan fingerprint density at radius 1 is 1.23 bits per heavy atom. The summed E-state index contributed by atoms with van der Waals surface area (Å²) >= 11 is 0. The summed E-state index contributed by atoms with van der Waals surface area (Å²) in [5, 5.41) is 11.8. The highest BCUT2D eigenvalue weighted by Gasteiger charge is 2.29. The average Bonchev–Trinajstić information content (AvgIpc) is 3.43. The molecule has 2 bridgehead atoms. The van der Waals surface area contributed by atoms with Gasteiger partial charge in [0.1, 0.15) is 29.7 Å². The average molecular weight is 585 g/mol. The zero-order valence-corrected chi connectivity index (χ0v) is 23.8. The Morgan fingerprint density at radius 3 is 2.88 bits per heavy atom. The molecule has 10 nitrogen and oxygen atoms in total. The standard InChI is InChI=1S/C32H33FN6O4/c1-42-26-12-11-22(33)14-25(26)32(41)36-16-19-7-9-20(10-8-19)29-28-30-21(17-35-31(28)34)4-3-13-43-18-27(40)37-23-5-2-6-24(15-23)39(30)38-29/h3-4,7-12,14,17,23-24H,2,5-6,13,15-16,18H2,1H3,(H2,34,35)(H,36,41)(H,37,40)/b4-3+/t23-,24-/m1/s1. The summed E-state index contributed by atoms with van der Waals surface area (Å²) in [6, 6.07) is 11.6. The first-order valence-corrected chi connectivity index (χ1v) is 14.3. The number of pyridine rings is 1. The van der Waals surface area contributed by atoms with Gasteiger partial charge in [0.05, 0.1) is 36.2 Å². The fourth-order valence-electron chi connectivity index (χ4n) is 5.90. The normalized spacial score (nSPS) is 19.4. The third kappa shape index (κ3) is 5.94. The highest BCUT2D eigenvalue weighted by Crippen LogP contribution is 2.39. The number of hydrogen-bond acceptors (Lipinski definition) is 7. The van der Waals surface area contributed by atoms with Crippen LogP contribution in [0.1, 0.15) is 53.2 Å². The highest BCUT2D eigenvalue weighted by molar-refractivity contribution is 6.03. The number of nitrogens with two attached hydrogens (primary N) is 1. The van der Waals surface area contributed by atoms with E-state index < -0.39 is 11.7 Å². The molecule has 2 amide bonds. The van der Waals surface area contributed by atoms with Crippen LogP contribution in [0.3, 0.4) is 0 Å². The fourth-order valence-corrected chi connectivity index (χ4v) is 5.90. The highest BCUT2D eigenvalue weighted by atomic mass is 19.1. The summed E-state index contributed by atoms with van der Waals surface area (Å²) < 4.78 is 26.6. The van der Waals surface area contributed by atoms with Gasteiger partial charge in [0, 0.05) is 29.9 Å². The number of rotatable bonds is 5. The van der Waals surface area contributed by atoms with E-state index in [9.17, 15) is 14.0 Å². The number of nitrogen functional groups attached to an aromatic ring is 1. The quantitative estimate of drug-likeness (QED) is 0.317. The van der Waals surface area contributed by atoms with Gasteiger partial charge in [-0.05, 0) is 49.4 Å². The first-order valence-electron chi connectivity index (χ1n) is 14.3. The lowest BCUT2D eigenvalue weighted by Gasteiger charge is -2.30. The SMILES string of the molecule is COc1ccc(F)cc1C(=O)NCc1ccc(-c2nn3c4c(cnc(N)c24)/C=C/COCC(=O)N[C@@H]2CCC[C@@H]3C2)cc1. The number of ether oxygens (including phenoxy) is 2. The van der Waals surface area contributed by atoms with Crippen molar-refractivity contribution < 1.29 is 23.5 Å². The number of hydrogen-bond donors (Lipinski definition) is 3. The van der Waals surface area contributed by atoms with Gasteiger partial charge in [0.2, 0.25) is 5.91 Å². The van der Waals surface area contributed by atoms with Gasteiger partial charge in [0.15, 0.2) is 0 Å². The van der Waals surface area contributed by atoms with E-state index in [-0.39, 0.29) is 36.7 Å². The number of carbonyl (C=O) groups excluding carboxylic acids is 2. The summed E-state index contributed by atoms with van der Waals surface area (Å²) in [6.45, 7) is 0.552. The van der Waals surface area contributed by atoms with Crippen molar-refractivity contribution >= 4 is 34.6 Å². The summed E-state index contributed by atoms with van der Waals surface area (Å²) in [4.78, 5) is 29.6. The van der Waals surface area contributed by atoms with Gasteiger partial charge in [-0.1, -0.05) is 36.4 Å². The van der Waals surface area contributed by atoms with Gasteiger partial charge in [-0.3, -0.25) is 14.3 Å². The lowest BCUT2D eigenvalue weighted by atomic mass is 9.90. The number of methoxy groups -OCH3 is 1. The first-order chi connectivity index (χ1) is 20.9. The Bertz CT molecular complexity index is 1700. The van der Waals surface area contributed by atoms with Gasteiger partial charge in [-0.25, -0.2) is 9.37 Å². The van der Waals surface area contributed by atoms with Gasteiger partial charge >= 0.3 is 0 Å². The maximum Gasteiger partial charge on any atom is 0.255 e. The monoisotopic (exact) mass is 584 g/mol. The Morgan fingerprint density at radius 2 is 2.07 bits per heavy atom.